The van der Waals surface area contributed by atoms with Crippen molar-refractivity contribution >= 4 is 54.3 Å². The van der Waals surface area contributed by atoms with Gasteiger partial charge in [0.15, 0.2) is 0 Å². The minimum absolute atomic E-state index is 0.0557. The summed E-state index contributed by atoms with van der Waals surface area (Å²) in [6.07, 6.45) is 0. The van der Waals surface area contributed by atoms with Gasteiger partial charge in [0.25, 0.3) is 0 Å². The first-order valence-corrected chi connectivity index (χ1v) is 19.4. The number of furan rings is 2. The SMILES string of the molecule is CC(C)(C)c1ccc(-c2cc(-c3cc4ccccc4o3)c3ccc4c(-c5ccccc5-c5ccccc5)cc(-c5cc6ccccc6o5)c5ccc2c3c54)cc1. The highest BCUT2D eigenvalue weighted by Gasteiger charge is 2.24. The molecule has 0 aliphatic heterocycles. The first-order valence-electron chi connectivity index (χ1n) is 19.4. The molecule has 2 heteroatoms. The highest BCUT2D eigenvalue weighted by atomic mass is 16.3. The van der Waals surface area contributed by atoms with Crippen LogP contribution in [0.1, 0.15) is 26.3 Å². The number of para-hydroxylation sites is 2. The van der Waals surface area contributed by atoms with Gasteiger partial charge in [-0.15, -0.1) is 0 Å². The second kappa shape index (κ2) is 12.3. The standard InChI is InChI=1S/C54H38O2/c1-54(2,3)37-23-21-34(22-24-37)44-31-46(50-29-35-15-7-11-19-48(35)55-50)42-28-26-41-45(39-18-10-9-17-38(39)33-13-5-4-6-14-33)32-47(43-27-25-40(44)52(42)53(41)43)51-30-36-16-8-12-20-49(36)56-51/h4-32H,1-3H3. The molecule has 56 heavy (non-hydrogen) atoms. The summed E-state index contributed by atoms with van der Waals surface area (Å²) < 4.78 is 13.4. The molecule has 11 rings (SSSR count). The van der Waals surface area contributed by atoms with Crippen LogP contribution in [0.3, 0.4) is 0 Å². The van der Waals surface area contributed by atoms with Gasteiger partial charge in [0.05, 0.1) is 0 Å². The Balaban J connectivity index is 1.29. The van der Waals surface area contributed by atoms with Crippen LogP contribution in [-0.4, -0.2) is 0 Å². The fourth-order valence-electron chi connectivity index (χ4n) is 8.83. The van der Waals surface area contributed by atoms with Gasteiger partial charge in [0.1, 0.15) is 22.7 Å². The quantitative estimate of drug-likeness (QED) is 0.166. The van der Waals surface area contributed by atoms with Crippen molar-refractivity contribution in [3.8, 4) is 56.0 Å². The van der Waals surface area contributed by atoms with Crippen LogP contribution in [0.5, 0.6) is 0 Å². The van der Waals surface area contributed by atoms with Crippen LogP contribution >= 0.6 is 0 Å². The van der Waals surface area contributed by atoms with E-state index in [4.69, 9.17) is 8.83 Å². The lowest BCUT2D eigenvalue weighted by Crippen LogP contribution is -2.10. The summed E-state index contributed by atoms with van der Waals surface area (Å²) in [4.78, 5) is 0. The molecule has 0 atom stereocenters. The zero-order chi connectivity index (χ0) is 37.5. The third-order valence-corrected chi connectivity index (χ3v) is 11.6. The lowest BCUT2D eigenvalue weighted by atomic mass is 9.81. The largest absolute Gasteiger partial charge is 0.456 e. The van der Waals surface area contributed by atoms with Gasteiger partial charge in [-0.2, -0.15) is 0 Å². The highest BCUT2D eigenvalue weighted by Crippen LogP contribution is 2.50. The minimum atomic E-state index is 0.0557. The summed E-state index contributed by atoms with van der Waals surface area (Å²) in [6.45, 7) is 6.81. The molecular formula is C54H38O2. The van der Waals surface area contributed by atoms with Crippen LogP contribution in [0, 0.1) is 0 Å². The summed E-state index contributed by atoms with van der Waals surface area (Å²) in [6, 6.07) is 63.6. The average Bonchev–Trinajstić information content (AvgIpc) is 3.87. The molecule has 2 aromatic heterocycles. The fourth-order valence-corrected chi connectivity index (χ4v) is 8.83. The van der Waals surface area contributed by atoms with Crippen molar-refractivity contribution in [3.05, 3.63) is 181 Å². The molecule has 0 amide bonds. The van der Waals surface area contributed by atoms with E-state index in [1.165, 1.54) is 60.5 Å². The molecule has 9 aromatic carbocycles. The van der Waals surface area contributed by atoms with Crippen LogP contribution in [0.2, 0.25) is 0 Å². The maximum atomic E-state index is 6.69. The zero-order valence-corrected chi connectivity index (χ0v) is 31.6. The Labute approximate surface area is 325 Å². The molecule has 0 radical (unpaired) electrons. The van der Waals surface area contributed by atoms with E-state index in [0.717, 1.165) is 55.4 Å². The van der Waals surface area contributed by atoms with Crippen molar-refractivity contribution < 1.29 is 8.83 Å². The third-order valence-electron chi connectivity index (χ3n) is 11.6. The Morgan fingerprint density at radius 3 is 1.34 bits per heavy atom. The van der Waals surface area contributed by atoms with Gasteiger partial charge in [0, 0.05) is 21.9 Å². The molecule has 11 aromatic rings. The van der Waals surface area contributed by atoms with Crippen molar-refractivity contribution in [1.29, 1.82) is 0 Å². The van der Waals surface area contributed by atoms with E-state index >= 15 is 0 Å². The first kappa shape index (κ1) is 32.5. The van der Waals surface area contributed by atoms with E-state index in [1.807, 2.05) is 12.1 Å². The van der Waals surface area contributed by atoms with Crippen LogP contribution in [0.25, 0.3) is 110 Å². The molecule has 2 nitrogen and oxygen atoms in total. The van der Waals surface area contributed by atoms with E-state index in [0.29, 0.717) is 0 Å². The van der Waals surface area contributed by atoms with E-state index in [2.05, 4.69) is 185 Å². The van der Waals surface area contributed by atoms with Crippen molar-refractivity contribution in [2.24, 2.45) is 0 Å². The fraction of sp³-hybridized carbons (Fsp3) is 0.0741. The molecule has 0 bridgehead atoms. The molecule has 2 heterocycles. The Morgan fingerprint density at radius 1 is 0.339 bits per heavy atom. The third kappa shape index (κ3) is 5.10. The van der Waals surface area contributed by atoms with Gasteiger partial charge in [-0.3, -0.25) is 0 Å². The molecule has 0 N–H and O–H groups in total. The van der Waals surface area contributed by atoms with Crippen LogP contribution in [0.4, 0.5) is 0 Å². The molecule has 0 spiro atoms. The van der Waals surface area contributed by atoms with Gasteiger partial charge < -0.3 is 8.83 Å². The summed E-state index contributed by atoms with van der Waals surface area (Å²) in [5.74, 6) is 1.72. The molecule has 0 saturated heterocycles. The summed E-state index contributed by atoms with van der Waals surface area (Å²) >= 11 is 0. The van der Waals surface area contributed by atoms with E-state index in [9.17, 15) is 0 Å². The normalized spacial score (nSPS) is 12.2. The number of benzene rings is 9. The van der Waals surface area contributed by atoms with Gasteiger partial charge in [0.2, 0.25) is 0 Å². The second-order valence-electron chi connectivity index (χ2n) is 16.1. The molecule has 0 aliphatic carbocycles. The summed E-state index contributed by atoms with van der Waals surface area (Å²) in [5.41, 5.74) is 12.4. The maximum absolute atomic E-state index is 6.69. The monoisotopic (exact) mass is 718 g/mol. The molecule has 0 unspecified atom stereocenters. The van der Waals surface area contributed by atoms with Crippen LogP contribution < -0.4 is 0 Å². The van der Waals surface area contributed by atoms with Crippen molar-refractivity contribution in [1.82, 2.24) is 0 Å². The van der Waals surface area contributed by atoms with Crippen molar-refractivity contribution in [2.45, 2.75) is 26.2 Å². The van der Waals surface area contributed by atoms with Crippen molar-refractivity contribution in [3.63, 3.8) is 0 Å². The van der Waals surface area contributed by atoms with E-state index in [-0.39, 0.29) is 5.41 Å². The molecular weight excluding hydrogens is 681 g/mol. The minimum Gasteiger partial charge on any atom is -0.456 e. The topological polar surface area (TPSA) is 26.3 Å². The van der Waals surface area contributed by atoms with Crippen molar-refractivity contribution in [2.75, 3.05) is 0 Å². The number of hydrogen-bond donors (Lipinski definition) is 0. The van der Waals surface area contributed by atoms with E-state index < -0.39 is 0 Å². The number of fused-ring (bicyclic) bond motifs is 2. The second-order valence-corrected chi connectivity index (χ2v) is 16.1. The summed E-state index contributed by atoms with van der Waals surface area (Å²) in [5, 5.41) is 9.38. The van der Waals surface area contributed by atoms with Crippen LogP contribution in [0.15, 0.2) is 185 Å². The lowest BCUT2D eigenvalue weighted by Gasteiger charge is -2.22. The average molecular weight is 719 g/mol. The Morgan fingerprint density at radius 2 is 0.786 bits per heavy atom. The number of hydrogen-bond acceptors (Lipinski definition) is 2. The zero-order valence-electron chi connectivity index (χ0n) is 31.6. The predicted molar refractivity (Wildman–Crippen MR) is 236 cm³/mol. The van der Waals surface area contributed by atoms with Gasteiger partial charge in [-0.05, 0) is 113 Å². The Hall–Kier alpha value is -6.90. The molecule has 0 saturated carbocycles. The molecule has 0 aliphatic rings. The molecule has 266 valence electrons. The first-order chi connectivity index (χ1) is 27.4. The van der Waals surface area contributed by atoms with Gasteiger partial charge in [-0.25, -0.2) is 0 Å². The lowest BCUT2D eigenvalue weighted by molar-refractivity contribution is 0.590. The van der Waals surface area contributed by atoms with Gasteiger partial charge >= 0.3 is 0 Å². The van der Waals surface area contributed by atoms with Crippen LogP contribution in [-0.2, 0) is 5.41 Å². The predicted octanol–water partition coefficient (Wildman–Crippen LogP) is 15.7. The van der Waals surface area contributed by atoms with E-state index in [1.54, 1.807) is 0 Å². The highest BCUT2D eigenvalue weighted by molar-refractivity contribution is 6.32. The smallest absolute Gasteiger partial charge is 0.136 e. The Kier molecular flexibility index (Phi) is 7.15. The maximum Gasteiger partial charge on any atom is 0.136 e. The molecule has 0 fully saturated rings. The Bertz CT molecular complexity index is 3190. The summed E-state index contributed by atoms with van der Waals surface area (Å²) in [7, 11) is 0. The van der Waals surface area contributed by atoms with Gasteiger partial charge in [-0.1, -0.05) is 160 Å². The number of rotatable bonds is 5.